The van der Waals surface area contributed by atoms with Crippen LogP contribution in [0.3, 0.4) is 0 Å². The maximum atomic E-state index is 4.86. The summed E-state index contributed by atoms with van der Waals surface area (Å²) in [5.74, 6) is 2.52. The van der Waals surface area contributed by atoms with Gasteiger partial charge in [-0.2, -0.15) is 5.10 Å². The molecule has 0 spiro atoms. The van der Waals surface area contributed by atoms with Crippen LogP contribution in [0.1, 0.15) is 47.3 Å². The average Bonchev–Trinajstić information content (AvgIpc) is 3.42. The summed E-state index contributed by atoms with van der Waals surface area (Å²) in [5, 5.41) is 21.9. The molecule has 0 atom stereocenters. The second-order valence-electron chi connectivity index (χ2n) is 6.88. The number of nitrogens with zero attached hydrogens (tertiary/aromatic N) is 6. The molecule has 0 amide bonds. The molecule has 0 saturated heterocycles. The van der Waals surface area contributed by atoms with Gasteiger partial charge < -0.3 is 15.2 Å². The molecule has 0 aromatic carbocycles. The van der Waals surface area contributed by atoms with Crippen LogP contribution in [0.15, 0.2) is 22.5 Å². The molecule has 0 aliphatic rings. The van der Waals surface area contributed by atoms with Gasteiger partial charge in [-0.05, 0) is 31.2 Å². The first kappa shape index (κ1) is 24.3. The summed E-state index contributed by atoms with van der Waals surface area (Å²) >= 11 is 1.73. The van der Waals surface area contributed by atoms with E-state index in [1.165, 1.54) is 16.1 Å². The van der Waals surface area contributed by atoms with Crippen molar-refractivity contribution < 1.29 is 0 Å². The van der Waals surface area contributed by atoms with Gasteiger partial charge in [0.25, 0.3) is 0 Å². The summed E-state index contributed by atoms with van der Waals surface area (Å²) in [4.78, 5) is 6.13. The molecule has 30 heavy (non-hydrogen) atoms. The van der Waals surface area contributed by atoms with Crippen molar-refractivity contribution >= 4 is 41.3 Å². The zero-order valence-corrected chi connectivity index (χ0v) is 21.4. The van der Waals surface area contributed by atoms with E-state index in [4.69, 9.17) is 4.99 Å². The maximum absolute atomic E-state index is 4.86. The molecule has 0 unspecified atom stereocenters. The molecule has 10 heteroatoms. The number of thiophene rings is 1. The fourth-order valence-electron chi connectivity index (χ4n) is 3.26. The molecular formula is C20H31IN8S. The Balaban J connectivity index is 0.00000320. The van der Waals surface area contributed by atoms with Gasteiger partial charge >= 0.3 is 0 Å². The van der Waals surface area contributed by atoms with Crippen LogP contribution < -0.4 is 10.6 Å². The average molecular weight is 542 g/mol. The number of hydrogen-bond acceptors (Lipinski definition) is 5. The molecular weight excluding hydrogens is 511 g/mol. The van der Waals surface area contributed by atoms with E-state index in [1.807, 2.05) is 30.3 Å². The first-order chi connectivity index (χ1) is 14.0. The van der Waals surface area contributed by atoms with Crippen molar-refractivity contribution in [3.63, 3.8) is 0 Å². The summed E-state index contributed by atoms with van der Waals surface area (Å²) in [6, 6.07) is 4.18. The fourth-order valence-corrected chi connectivity index (χ4v) is 3.90. The van der Waals surface area contributed by atoms with Crippen molar-refractivity contribution in [2.24, 2.45) is 19.1 Å². The van der Waals surface area contributed by atoms with Gasteiger partial charge in [0.2, 0.25) is 0 Å². The molecule has 3 heterocycles. The molecule has 0 saturated carbocycles. The highest BCUT2D eigenvalue weighted by Gasteiger charge is 2.14. The van der Waals surface area contributed by atoms with E-state index in [-0.39, 0.29) is 24.0 Å². The predicted octanol–water partition coefficient (Wildman–Crippen LogP) is 3.10. The summed E-state index contributed by atoms with van der Waals surface area (Å²) in [6.07, 6.45) is 1.85. The first-order valence-corrected chi connectivity index (χ1v) is 10.8. The molecule has 3 aromatic heterocycles. The van der Waals surface area contributed by atoms with E-state index < -0.39 is 0 Å². The standard InChI is InChI=1S/C20H30N8S.HI/c1-6-17-16(18(7-2)28(5)26-17)12-22-20(21-11-15-9-8-10-29-15)23-13-19-25-24-14(3)27(19)4;/h8-10H,6-7,11-13H2,1-5H3,(H2,21,22,23);1H. The van der Waals surface area contributed by atoms with Crippen LogP contribution in [0.4, 0.5) is 0 Å². The maximum Gasteiger partial charge on any atom is 0.192 e. The van der Waals surface area contributed by atoms with Gasteiger partial charge in [-0.15, -0.1) is 45.5 Å². The van der Waals surface area contributed by atoms with Crippen LogP contribution in [-0.2, 0) is 46.6 Å². The molecule has 0 radical (unpaired) electrons. The summed E-state index contributed by atoms with van der Waals surface area (Å²) in [7, 11) is 3.98. The van der Waals surface area contributed by atoms with E-state index in [0.29, 0.717) is 13.1 Å². The molecule has 3 aromatic rings. The van der Waals surface area contributed by atoms with Crippen LogP contribution in [0, 0.1) is 6.92 Å². The lowest BCUT2D eigenvalue weighted by Crippen LogP contribution is -2.37. The number of aliphatic imine (C=N–C) groups is 1. The van der Waals surface area contributed by atoms with Crippen molar-refractivity contribution in [1.29, 1.82) is 0 Å². The Morgan fingerprint density at radius 3 is 2.50 bits per heavy atom. The Morgan fingerprint density at radius 2 is 1.90 bits per heavy atom. The van der Waals surface area contributed by atoms with Crippen LogP contribution >= 0.6 is 35.3 Å². The zero-order valence-electron chi connectivity index (χ0n) is 18.3. The predicted molar refractivity (Wildman–Crippen MR) is 132 cm³/mol. The van der Waals surface area contributed by atoms with Gasteiger partial charge in [0.15, 0.2) is 11.8 Å². The van der Waals surface area contributed by atoms with Crippen LogP contribution in [0.2, 0.25) is 0 Å². The third-order valence-electron chi connectivity index (χ3n) is 5.03. The topological polar surface area (TPSA) is 84.9 Å². The van der Waals surface area contributed by atoms with Crippen molar-refractivity contribution in [2.45, 2.75) is 53.2 Å². The molecule has 0 bridgehead atoms. The minimum atomic E-state index is 0. The second kappa shape index (κ2) is 11.4. The number of halogens is 1. The molecule has 8 nitrogen and oxygen atoms in total. The number of hydrogen-bond donors (Lipinski definition) is 2. The van der Waals surface area contributed by atoms with Gasteiger partial charge in [-0.3, -0.25) is 4.68 Å². The minimum Gasteiger partial charge on any atom is -0.351 e. The van der Waals surface area contributed by atoms with Gasteiger partial charge in [0.1, 0.15) is 5.82 Å². The first-order valence-electron chi connectivity index (χ1n) is 9.96. The van der Waals surface area contributed by atoms with Gasteiger partial charge in [-0.25, -0.2) is 4.99 Å². The lowest BCUT2D eigenvalue weighted by atomic mass is 10.1. The van der Waals surface area contributed by atoms with E-state index in [9.17, 15) is 0 Å². The Hall–Kier alpha value is -1.95. The van der Waals surface area contributed by atoms with E-state index in [0.717, 1.165) is 42.7 Å². The van der Waals surface area contributed by atoms with Crippen molar-refractivity contribution in [1.82, 2.24) is 35.2 Å². The number of aryl methyl sites for hydroxylation is 3. The van der Waals surface area contributed by atoms with Crippen LogP contribution in [0.5, 0.6) is 0 Å². The van der Waals surface area contributed by atoms with Crippen LogP contribution in [0.25, 0.3) is 0 Å². The molecule has 2 N–H and O–H groups in total. The third-order valence-corrected chi connectivity index (χ3v) is 5.91. The van der Waals surface area contributed by atoms with Gasteiger partial charge in [-0.1, -0.05) is 19.9 Å². The quantitative estimate of drug-likeness (QED) is 0.260. The van der Waals surface area contributed by atoms with Gasteiger partial charge in [0.05, 0.1) is 25.3 Å². The molecule has 3 rings (SSSR count). The lowest BCUT2D eigenvalue weighted by Gasteiger charge is -2.12. The Kier molecular flexibility index (Phi) is 9.28. The lowest BCUT2D eigenvalue weighted by molar-refractivity contribution is 0.702. The van der Waals surface area contributed by atoms with Gasteiger partial charge in [0, 0.05) is 30.2 Å². The number of aromatic nitrogens is 5. The second-order valence-corrected chi connectivity index (χ2v) is 7.91. The monoisotopic (exact) mass is 542 g/mol. The summed E-state index contributed by atoms with van der Waals surface area (Å²) in [5.41, 5.74) is 3.59. The smallest absolute Gasteiger partial charge is 0.192 e. The SMILES string of the molecule is CCc1nn(C)c(CC)c1CN=C(NCc1cccs1)NCc1nnc(C)n1C.I. The van der Waals surface area contributed by atoms with Crippen molar-refractivity contribution in [2.75, 3.05) is 0 Å². The normalized spacial score (nSPS) is 11.4. The Bertz CT molecular complexity index is 958. The highest BCUT2D eigenvalue weighted by Crippen LogP contribution is 2.16. The van der Waals surface area contributed by atoms with E-state index >= 15 is 0 Å². The molecule has 0 aliphatic heterocycles. The number of rotatable bonds is 8. The Labute approximate surface area is 199 Å². The third kappa shape index (κ3) is 5.81. The highest BCUT2D eigenvalue weighted by molar-refractivity contribution is 14.0. The van der Waals surface area contributed by atoms with E-state index in [2.05, 4.69) is 57.3 Å². The summed E-state index contributed by atoms with van der Waals surface area (Å²) in [6.45, 7) is 8.13. The Morgan fingerprint density at radius 1 is 1.13 bits per heavy atom. The minimum absolute atomic E-state index is 0. The zero-order chi connectivity index (χ0) is 20.8. The summed E-state index contributed by atoms with van der Waals surface area (Å²) < 4.78 is 3.97. The van der Waals surface area contributed by atoms with Crippen molar-refractivity contribution in [3.8, 4) is 0 Å². The van der Waals surface area contributed by atoms with E-state index in [1.54, 1.807) is 11.3 Å². The molecule has 164 valence electrons. The largest absolute Gasteiger partial charge is 0.351 e. The van der Waals surface area contributed by atoms with Crippen LogP contribution in [-0.4, -0.2) is 30.5 Å². The molecule has 0 aliphatic carbocycles. The molecule has 0 fully saturated rings. The van der Waals surface area contributed by atoms with Crippen molar-refractivity contribution in [3.05, 3.63) is 51.0 Å². The number of guanidine groups is 1. The fraction of sp³-hybridized carbons (Fsp3) is 0.500. The highest BCUT2D eigenvalue weighted by atomic mass is 127. The number of nitrogens with one attached hydrogen (secondary N) is 2.